The first-order chi connectivity index (χ1) is 8.79. The lowest BCUT2D eigenvalue weighted by atomic mass is 9.89. The van der Waals surface area contributed by atoms with Gasteiger partial charge in [-0.05, 0) is 19.3 Å². The lowest BCUT2D eigenvalue weighted by molar-refractivity contribution is 0.490. The molecule has 2 aliphatic heterocycles. The van der Waals surface area contributed by atoms with Crippen LogP contribution in [0.3, 0.4) is 0 Å². The number of imidazole rings is 1. The molecule has 0 amide bonds. The van der Waals surface area contributed by atoms with Crippen LogP contribution in [-0.2, 0) is 7.05 Å². The third kappa shape index (κ3) is 1.50. The second-order valence-corrected chi connectivity index (χ2v) is 5.47. The maximum Gasteiger partial charge on any atom is 0.111 e. The molecule has 0 radical (unpaired) electrons. The van der Waals surface area contributed by atoms with Gasteiger partial charge in [0, 0.05) is 36.8 Å². The van der Waals surface area contributed by atoms with E-state index in [1.54, 1.807) is 0 Å². The van der Waals surface area contributed by atoms with Crippen LogP contribution in [0.2, 0.25) is 0 Å². The molecule has 3 atom stereocenters. The van der Waals surface area contributed by atoms with E-state index in [1.165, 1.54) is 19.3 Å². The minimum atomic E-state index is 0.564. The van der Waals surface area contributed by atoms with Gasteiger partial charge in [0.25, 0.3) is 0 Å². The van der Waals surface area contributed by atoms with Crippen LogP contribution >= 0.6 is 0 Å². The summed E-state index contributed by atoms with van der Waals surface area (Å²) in [7, 11) is 1.93. The molecular weight excluding hydrogens is 226 g/mol. The molecular formula is C13H17N5. The Hall–Kier alpha value is -1.62. The van der Waals surface area contributed by atoms with Crippen molar-refractivity contribution in [2.75, 3.05) is 0 Å². The summed E-state index contributed by atoms with van der Waals surface area (Å²) in [6.45, 7) is 0. The Morgan fingerprint density at radius 2 is 2.28 bits per heavy atom. The average molecular weight is 243 g/mol. The smallest absolute Gasteiger partial charge is 0.111 e. The number of aromatic amines is 1. The standard InChI is InChI=1S/C13H17N5/c1-18-7-8(5-15-18)12-6-14-13(17-12)10-4-9-2-3-11(10)16-9/h5-7,9-11,16H,2-4H2,1H3,(H,14,17). The van der Waals surface area contributed by atoms with Crippen molar-refractivity contribution in [3.05, 3.63) is 24.4 Å². The van der Waals surface area contributed by atoms with Crippen LogP contribution in [0.1, 0.15) is 31.0 Å². The van der Waals surface area contributed by atoms with Crippen LogP contribution in [0.4, 0.5) is 0 Å². The van der Waals surface area contributed by atoms with E-state index in [0.717, 1.165) is 17.1 Å². The molecule has 2 aromatic heterocycles. The average Bonchev–Trinajstić information content (AvgIpc) is 3.12. The second-order valence-electron chi connectivity index (χ2n) is 5.47. The van der Waals surface area contributed by atoms with E-state index in [0.29, 0.717) is 18.0 Å². The maximum atomic E-state index is 4.57. The first kappa shape index (κ1) is 10.3. The van der Waals surface area contributed by atoms with Gasteiger partial charge in [-0.25, -0.2) is 4.98 Å². The maximum absolute atomic E-state index is 4.57. The van der Waals surface area contributed by atoms with Crippen LogP contribution in [-0.4, -0.2) is 31.8 Å². The first-order valence-electron chi connectivity index (χ1n) is 6.59. The van der Waals surface area contributed by atoms with Gasteiger partial charge in [0.05, 0.1) is 18.1 Å². The predicted octanol–water partition coefficient (Wildman–Crippen LogP) is 1.42. The van der Waals surface area contributed by atoms with E-state index in [2.05, 4.69) is 20.4 Å². The van der Waals surface area contributed by atoms with Crippen molar-refractivity contribution in [1.29, 1.82) is 0 Å². The van der Waals surface area contributed by atoms with Gasteiger partial charge < -0.3 is 10.3 Å². The zero-order valence-electron chi connectivity index (χ0n) is 10.4. The minimum absolute atomic E-state index is 0.564. The highest BCUT2D eigenvalue weighted by molar-refractivity contribution is 5.56. The molecule has 2 bridgehead atoms. The van der Waals surface area contributed by atoms with Gasteiger partial charge in [0.1, 0.15) is 5.82 Å². The number of aryl methyl sites for hydroxylation is 1. The summed E-state index contributed by atoms with van der Waals surface area (Å²) in [5.41, 5.74) is 2.17. The molecule has 2 saturated heterocycles. The summed E-state index contributed by atoms with van der Waals surface area (Å²) in [5, 5.41) is 7.85. The molecule has 94 valence electrons. The number of fused-ring (bicyclic) bond motifs is 2. The van der Waals surface area contributed by atoms with Crippen molar-refractivity contribution in [2.45, 2.75) is 37.3 Å². The number of aromatic nitrogens is 4. The van der Waals surface area contributed by atoms with Crippen LogP contribution in [0.25, 0.3) is 11.3 Å². The summed E-state index contributed by atoms with van der Waals surface area (Å²) in [6, 6.07) is 1.34. The Labute approximate surface area is 106 Å². The lowest BCUT2D eigenvalue weighted by Gasteiger charge is -2.17. The number of rotatable bonds is 2. The quantitative estimate of drug-likeness (QED) is 0.838. The van der Waals surface area contributed by atoms with Gasteiger partial charge >= 0.3 is 0 Å². The second kappa shape index (κ2) is 3.68. The van der Waals surface area contributed by atoms with Crippen LogP contribution in [0.5, 0.6) is 0 Å². The van der Waals surface area contributed by atoms with Gasteiger partial charge in [-0.1, -0.05) is 0 Å². The van der Waals surface area contributed by atoms with Crippen molar-refractivity contribution >= 4 is 0 Å². The molecule has 4 rings (SSSR count). The van der Waals surface area contributed by atoms with E-state index in [-0.39, 0.29) is 0 Å². The molecule has 18 heavy (non-hydrogen) atoms. The number of hydrogen-bond acceptors (Lipinski definition) is 3. The van der Waals surface area contributed by atoms with Gasteiger partial charge in [-0.3, -0.25) is 4.68 Å². The molecule has 0 aliphatic carbocycles. The number of H-pyrrole nitrogens is 1. The van der Waals surface area contributed by atoms with E-state index >= 15 is 0 Å². The van der Waals surface area contributed by atoms with Crippen LogP contribution < -0.4 is 5.32 Å². The first-order valence-corrected chi connectivity index (χ1v) is 6.59. The Bertz CT molecular complexity index is 569. The summed E-state index contributed by atoms with van der Waals surface area (Å²) in [5.74, 6) is 1.70. The predicted molar refractivity (Wildman–Crippen MR) is 68.1 cm³/mol. The van der Waals surface area contributed by atoms with Gasteiger partial charge in [0.15, 0.2) is 0 Å². The molecule has 5 nitrogen and oxygen atoms in total. The van der Waals surface area contributed by atoms with E-state index in [4.69, 9.17) is 0 Å². The number of hydrogen-bond donors (Lipinski definition) is 2. The molecule has 3 unspecified atom stereocenters. The van der Waals surface area contributed by atoms with E-state index in [1.807, 2.05) is 30.3 Å². The largest absolute Gasteiger partial charge is 0.342 e. The van der Waals surface area contributed by atoms with Gasteiger partial charge in [0.2, 0.25) is 0 Å². The number of nitrogens with one attached hydrogen (secondary N) is 2. The zero-order chi connectivity index (χ0) is 12.1. The lowest BCUT2D eigenvalue weighted by Crippen LogP contribution is -2.22. The van der Waals surface area contributed by atoms with Crippen molar-refractivity contribution in [1.82, 2.24) is 25.1 Å². The third-order valence-electron chi connectivity index (χ3n) is 4.26. The van der Waals surface area contributed by atoms with Crippen molar-refractivity contribution < 1.29 is 0 Å². The molecule has 0 aromatic carbocycles. The third-order valence-corrected chi connectivity index (χ3v) is 4.26. The van der Waals surface area contributed by atoms with Gasteiger partial charge in [-0.2, -0.15) is 5.10 Å². The normalized spacial score (nSPS) is 30.2. The molecule has 2 aliphatic rings. The highest BCUT2D eigenvalue weighted by atomic mass is 15.2. The fourth-order valence-corrected chi connectivity index (χ4v) is 3.36. The van der Waals surface area contributed by atoms with Gasteiger partial charge in [-0.15, -0.1) is 0 Å². The Balaban J connectivity index is 1.62. The SMILES string of the molecule is Cn1cc(-c2cnc(C3CC4CCC3N4)[nH]2)cn1. The fraction of sp³-hybridized carbons (Fsp3) is 0.538. The van der Waals surface area contributed by atoms with Crippen LogP contribution in [0, 0.1) is 0 Å². The molecule has 5 heteroatoms. The van der Waals surface area contributed by atoms with E-state index < -0.39 is 0 Å². The van der Waals surface area contributed by atoms with Crippen molar-refractivity contribution in [3.8, 4) is 11.3 Å². The Kier molecular flexibility index (Phi) is 2.11. The fourth-order valence-electron chi connectivity index (χ4n) is 3.36. The number of nitrogens with zero attached hydrogens (tertiary/aromatic N) is 3. The van der Waals surface area contributed by atoms with E-state index in [9.17, 15) is 0 Å². The molecule has 2 fully saturated rings. The van der Waals surface area contributed by atoms with Crippen molar-refractivity contribution in [3.63, 3.8) is 0 Å². The minimum Gasteiger partial charge on any atom is -0.342 e. The topological polar surface area (TPSA) is 58.5 Å². The summed E-state index contributed by atoms with van der Waals surface area (Å²) in [6.07, 6.45) is 9.66. The highest BCUT2D eigenvalue weighted by Gasteiger charge is 2.41. The van der Waals surface area contributed by atoms with Crippen LogP contribution in [0.15, 0.2) is 18.6 Å². The van der Waals surface area contributed by atoms with Crippen molar-refractivity contribution in [2.24, 2.45) is 7.05 Å². The molecule has 0 saturated carbocycles. The molecule has 4 heterocycles. The highest BCUT2D eigenvalue weighted by Crippen LogP contribution is 2.39. The molecule has 0 spiro atoms. The summed E-state index contributed by atoms with van der Waals surface area (Å²) in [4.78, 5) is 8.04. The molecule has 2 N–H and O–H groups in total. The molecule has 2 aromatic rings. The zero-order valence-corrected chi connectivity index (χ0v) is 10.4. The Morgan fingerprint density at radius 3 is 2.94 bits per heavy atom. The summed E-state index contributed by atoms with van der Waals surface area (Å²) >= 11 is 0. The Morgan fingerprint density at radius 1 is 1.33 bits per heavy atom. The summed E-state index contributed by atoms with van der Waals surface area (Å²) < 4.78 is 1.81. The monoisotopic (exact) mass is 243 g/mol.